The number of likely N-dealkylation sites (tertiary alicyclic amines) is 1. The summed E-state index contributed by atoms with van der Waals surface area (Å²) < 4.78 is 5.24. The molecule has 5 heteroatoms. The summed E-state index contributed by atoms with van der Waals surface area (Å²) in [4.78, 5) is 14.5. The van der Waals surface area contributed by atoms with E-state index in [2.05, 4.69) is 17.3 Å². The maximum absolute atomic E-state index is 12.8. The van der Waals surface area contributed by atoms with Crippen LogP contribution in [0.4, 0.5) is 0 Å². The summed E-state index contributed by atoms with van der Waals surface area (Å²) in [5.41, 5.74) is 1.17. The van der Waals surface area contributed by atoms with Gasteiger partial charge in [0, 0.05) is 25.1 Å². The first-order valence-electron chi connectivity index (χ1n) is 8.89. The molecule has 0 aliphatic carbocycles. The summed E-state index contributed by atoms with van der Waals surface area (Å²) >= 11 is 0. The molecule has 1 amide bonds. The van der Waals surface area contributed by atoms with E-state index in [1.807, 2.05) is 39.0 Å². The Hall–Kier alpha value is -2.14. The van der Waals surface area contributed by atoms with Gasteiger partial charge in [0.25, 0.3) is 5.91 Å². The van der Waals surface area contributed by atoms with Crippen molar-refractivity contribution in [2.24, 2.45) is 5.92 Å². The van der Waals surface area contributed by atoms with E-state index in [4.69, 9.17) is 4.52 Å². The van der Waals surface area contributed by atoms with Crippen LogP contribution in [0.1, 0.15) is 54.9 Å². The Kier molecular flexibility index (Phi) is 4.95. The van der Waals surface area contributed by atoms with Crippen molar-refractivity contribution in [1.82, 2.24) is 10.1 Å². The van der Waals surface area contributed by atoms with Crippen LogP contribution < -0.4 is 0 Å². The molecule has 2 heterocycles. The molecule has 1 aliphatic heterocycles. The molecule has 0 radical (unpaired) electrons. The second kappa shape index (κ2) is 7.00. The zero-order chi connectivity index (χ0) is 18.0. The minimum absolute atomic E-state index is 0.0138. The van der Waals surface area contributed by atoms with Gasteiger partial charge in [0.2, 0.25) is 5.76 Å². The average Bonchev–Trinajstić information content (AvgIpc) is 3.07. The van der Waals surface area contributed by atoms with Crippen LogP contribution in [0.5, 0.6) is 0 Å². The normalized spacial score (nSPS) is 23.9. The summed E-state index contributed by atoms with van der Waals surface area (Å²) in [6, 6.07) is 11.8. The fourth-order valence-corrected chi connectivity index (χ4v) is 3.30. The topological polar surface area (TPSA) is 66.6 Å². The lowest BCUT2D eigenvalue weighted by Gasteiger charge is -2.42. The van der Waals surface area contributed by atoms with Crippen molar-refractivity contribution >= 4 is 5.91 Å². The summed E-state index contributed by atoms with van der Waals surface area (Å²) in [5.74, 6) is 0.343. The lowest BCUT2D eigenvalue weighted by molar-refractivity contribution is -0.0513. The molecule has 2 atom stereocenters. The highest BCUT2D eigenvalue weighted by Crippen LogP contribution is 2.31. The van der Waals surface area contributed by atoms with Crippen LogP contribution in [0.2, 0.25) is 0 Å². The summed E-state index contributed by atoms with van der Waals surface area (Å²) in [5, 5.41) is 14.7. The number of benzene rings is 1. The predicted octanol–water partition coefficient (Wildman–Crippen LogP) is 3.25. The molecule has 5 nitrogen and oxygen atoms in total. The average molecular weight is 342 g/mol. The van der Waals surface area contributed by atoms with Gasteiger partial charge in [0.05, 0.1) is 11.3 Å². The maximum Gasteiger partial charge on any atom is 0.292 e. The second-order valence-electron chi connectivity index (χ2n) is 7.52. The molecule has 1 aromatic heterocycles. The maximum atomic E-state index is 12.8. The number of aromatic nitrogens is 1. The number of hydrogen-bond donors (Lipinski definition) is 1. The Labute approximate surface area is 148 Å². The minimum atomic E-state index is -0.781. The summed E-state index contributed by atoms with van der Waals surface area (Å²) in [6.45, 7) is 6.93. The molecule has 25 heavy (non-hydrogen) atoms. The molecular weight excluding hydrogens is 316 g/mol. The third-order valence-electron chi connectivity index (χ3n) is 5.15. The fraction of sp³-hybridized carbons (Fsp3) is 0.500. The van der Waals surface area contributed by atoms with Crippen molar-refractivity contribution in [3.05, 3.63) is 53.4 Å². The van der Waals surface area contributed by atoms with Gasteiger partial charge in [0.1, 0.15) is 0 Å². The molecular formula is C20H26N2O3. The highest BCUT2D eigenvalue weighted by molar-refractivity contribution is 5.91. The fourth-order valence-electron chi connectivity index (χ4n) is 3.30. The number of rotatable bonds is 4. The Bertz CT molecular complexity index is 722. The minimum Gasteiger partial charge on any atom is -0.390 e. The molecule has 2 aromatic rings. The highest BCUT2D eigenvalue weighted by atomic mass is 16.5. The number of hydrogen-bond acceptors (Lipinski definition) is 4. The molecule has 1 fully saturated rings. The quantitative estimate of drug-likeness (QED) is 0.926. The van der Waals surface area contributed by atoms with Crippen molar-refractivity contribution < 1.29 is 14.4 Å². The zero-order valence-corrected chi connectivity index (χ0v) is 15.1. The van der Waals surface area contributed by atoms with Gasteiger partial charge in [-0.2, -0.15) is 0 Å². The number of aliphatic hydroxyl groups is 1. The lowest BCUT2D eigenvalue weighted by Crippen LogP contribution is -2.52. The Balaban J connectivity index is 1.73. The van der Waals surface area contributed by atoms with Crippen LogP contribution in [0.15, 0.2) is 40.9 Å². The first-order valence-corrected chi connectivity index (χ1v) is 8.89. The molecule has 1 aliphatic rings. The van der Waals surface area contributed by atoms with Crippen molar-refractivity contribution in [2.45, 2.75) is 45.1 Å². The van der Waals surface area contributed by atoms with Gasteiger partial charge in [-0.25, -0.2) is 0 Å². The number of carbonyl (C=O) groups excluding carboxylic acids is 1. The SMILES string of the molecule is CC(C)c1cc(C(=O)N2CC[C@@](C)(O)[C@@H](Cc3ccccc3)C2)on1. The van der Waals surface area contributed by atoms with Crippen LogP contribution >= 0.6 is 0 Å². The molecule has 1 N–H and O–H groups in total. The van der Waals surface area contributed by atoms with Gasteiger partial charge < -0.3 is 14.5 Å². The van der Waals surface area contributed by atoms with Crippen LogP contribution in [0.25, 0.3) is 0 Å². The van der Waals surface area contributed by atoms with Gasteiger partial charge in [-0.05, 0) is 31.2 Å². The molecule has 0 spiro atoms. The highest BCUT2D eigenvalue weighted by Gasteiger charge is 2.39. The number of amides is 1. The molecule has 0 unspecified atom stereocenters. The summed E-state index contributed by atoms with van der Waals surface area (Å²) in [6.07, 6.45) is 1.30. The number of carbonyl (C=O) groups is 1. The molecule has 134 valence electrons. The van der Waals surface area contributed by atoms with E-state index in [9.17, 15) is 9.90 Å². The van der Waals surface area contributed by atoms with Crippen molar-refractivity contribution in [3.8, 4) is 0 Å². The van der Waals surface area contributed by atoms with E-state index in [0.717, 1.165) is 12.1 Å². The van der Waals surface area contributed by atoms with Crippen LogP contribution in [-0.4, -0.2) is 39.8 Å². The van der Waals surface area contributed by atoms with E-state index in [1.165, 1.54) is 5.56 Å². The van der Waals surface area contributed by atoms with Crippen molar-refractivity contribution in [3.63, 3.8) is 0 Å². The Morgan fingerprint density at radius 1 is 1.40 bits per heavy atom. The van der Waals surface area contributed by atoms with E-state index >= 15 is 0 Å². The Morgan fingerprint density at radius 2 is 2.12 bits per heavy atom. The largest absolute Gasteiger partial charge is 0.390 e. The van der Waals surface area contributed by atoms with E-state index in [1.54, 1.807) is 11.0 Å². The van der Waals surface area contributed by atoms with Crippen molar-refractivity contribution in [2.75, 3.05) is 13.1 Å². The monoisotopic (exact) mass is 342 g/mol. The standard InChI is InChI=1S/C20H26N2O3/c1-14(2)17-12-18(25-21-17)19(23)22-10-9-20(3,24)16(13-22)11-15-7-5-4-6-8-15/h4-8,12,14,16,24H,9-11,13H2,1-3H3/t16-,20+/m0/s1. The van der Waals surface area contributed by atoms with E-state index < -0.39 is 5.60 Å². The van der Waals surface area contributed by atoms with E-state index in [0.29, 0.717) is 19.5 Å². The summed E-state index contributed by atoms with van der Waals surface area (Å²) in [7, 11) is 0. The van der Waals surface area contributed by atoms with Gasteiger partial charge >= 0.3 is 0 Å². The third kappa shape index (κ3) is 3.93. The first-order chi connectivity index (χ1) is 11.9. The number of piperidine rings is 1. The van der Waals surface area contributed by atoms with Crippen LogP contribution in [0, 0.1) is 5.92 Å². The molecule has 1 aromatic carbocycles. The zero-order valence-electron chi connectivity index (χ0n) is 15.1. The van der Waals surface area contributed by atoms with Gasteiger partial charge in [-0.3, -0.25) is 4.79 Å². The van der Waals surface area contributed by atoms with Gasteiger partial charge in [-0.15, -0.1) is 0 Å². The van der Waals surface area contributed by atoms with Crippen molar-refractivity contribution in [1.29, 1.82) is 0 Å². The molecule has 3 rings (SSSR count). The molecule has 0 bridgehead atoms. The first kappa shape index (κ1) is 17.7. The molecule has 0 saturated carbocycles. The third-order valence-corrected chi connectivity index (χ3v) is 5.15. The van der Waals surface area contributed by atoms with Gasteiger partial charge in [0.15, 0.2) is 0 Å². The smallest absolute Gasteiger partial charge is 0.292 e. The second-order valence-corrected chi connectivity index (χ2v) is 7.52. The predicted molar refractivity (Wildman–Crippen MR) is 95.4 cm³/mol. The van der Waals surface area contributed by atoms with Crippen LogP contribution in [-0.2, 0) is 6.42 Å². The van der Waals surface area contributed by atoms with Gasteiger partial charge in [-0.1, -0.05) is 49.3 Å². The van der Waals surface area contributed by atoms with Crippen LogP contribution in [0.3, 0.4) is 0 Å². The Morgan fingerprint density at radius 3 is 2.76 bits per heavy atom. The molecule has 1 saturated heterocycles. The number of nitrogens with zero attached hydrogens (tertiary/aromatic N) is 2. The van der Waals surface area contributed by atoms with E-state index in [-0.39, 0.29) is 23.5 Å². The lowest BCUT2D eigenvalue weighted by atomic mass is 9.79.